The Morgan fingerprint density at radius 3 is 2.64 bits per heavy atom. The van der Waals surface area contributed by atoms with E-state index in [4.69, 9.17) is 4.74 Å². The highest BCUT2D eigenvalue weighted by Crippen LogP contribution is 2.16. The molecule has 1 N–H and O–H groups in total. The standard InChI is InChI=1S/C14H21NO5S2/c1-19-14(16)7-12-22(17,18)15-8-9-20-10-11-21-13-5-3-2-4-6-13/h2-6,15H,7-12H2,1H3. The molecule has 0 aliphatic rings. The molecular formula is C14H21NO5S2. The Kier molecular flexibility index (Phi) is 9.14. The average Bonchev–Trinajstić information content (AvgIpc) is 2.52. The molecule has 0 fully saturated rings. The lowest BCUT2D eigenvalue weighted by molar-refractivity contribution is -0.140. The maximum absolute atomic E-state index is 11.5. The largest absolute Gasteiger partial charge is 0.469 e. The van der Waals surface area contributed by atoms with Crippen LogP contribution in [0.5, 0.6) is 0 Å². The van der Waals surface area contributed by atoms with E-state index >= 15 is 0 Å². The molecule has 0 aromatic heterocycles. The molecule has 1 aromatic rings. The number of hydrogen-bond acceptors (Lipinski definition) is 6. The zero-order chi connectivity index (χ0) is 16.3. The number of methoxy groups -OCH3 is 1. The minimum Gasteiger partial charge on any atom is -0.469 e. The summed E-state index contributed by atoms with van der Waals surface area (Å²) in [5, 5.41) is 0. The van der Waals surface area contributed by atoms with Crippen molar-refractivity contribution in [2.24, 2.45) is 0 Å². The van der Waals surface area contributed by atoms with Crippen LogP contribution in [0.25, 0.3) is 0 Å². The molecule has 0 amide bonds. The molecule has 0 saturated heterocycles. The summed E-state index contributed by atoms with van der Waals surface area (Å²) < 4.78 is 35.2. The third kappa shape index (κ3) is 9.04. The quantitative estimate of drug-likeness (QED) is 0.369. The number of hydrogen-bond donors (Lipinski definition) is 1. The monoisotopic (exact) mass is 347 g/mol. The first-order valence-corrected chi connectivity index (χ1v) is 9.47. The molecule has 0 saturated carbocycles. The molecular weight excluding hydrogens is 326 g/mol. The molecule has 0 atom stereocenters. The van der Waals surface area contributed by atoms with E-state index in [1.807, 2.05) is 30.3 Å². The highest BCUT2D eigenvalue weighted by molar-refractivity contribution is 7.99. The number of ether oxygens (including phenoxy) is 2. The number of carbonyl (C=O) groups excluding carboxylic acids is 1. The minimum absolute atomic E-state index is 0.152. The molecule has 0 unspecified atom stereocenters. The summed E-state index contributed by atoms with van der Waals surface area (Å²) in [6.45, 7) is 1.04. The molecule has 0 bridgehead atoms. The van der Waals surface area contributed by atoms with E-state index in [9.17, 15) is 13.2 Å². The SMILES string of the molecule is COC(=O)CCS(=O)(=O)NCCOCCSc1ccccc1. The summed E-state index contributed by atoms with van der Waals surface area (Å²) >= 11 is 1.68. The van der Waals surface area contributed by atoms with Crippen LogP contribution in [-0.4, -0.2) is 52.8 Å². The van der Waals surface area contributed by atoms with Crippen LogP contribution in [0, 0.1) is 0 Å². The number of esters is 1. The van der Waals surface area contributed by atoms with Gasteiger partial charge in [-0.25, -0.2) is 13.1 Å². The van der Waals surface area contributed by atoms with E-state index in [0.717, 1.165) is 5.75 Å². The van der Waals surface area contributed by atoms with Gasteiger partial charge in [0, 0.05) is 17.2 Å². The molecule has 124 valence electrons. The van der Waals surface area contributed by atoms with Gasteiger partial charge in [0.15, 0.2) is 0 Å². The number of carbonyl (C=O) groups is 1. The lowest BCUT2D eigenvalue weighted by Gasteiger charge is -2.07. The van der Waals surface area contributed by atoms with Gasteiger partial charge in [-0.3, -0.25) is 4.79 Å². The minimum atomic E-state index is -3.46. The molecule has 1 aromatic carbocycles. The fraction of sp³-hybridized carbons (Fsp3) is 0.500. The fourth-order valence-corrected chi connectivity index (χ4v) is 3.26. The summed E-state index contributed by atoms with van der Waals surface area (Å²) in [5.41, 5.74) is 0. The molecule has 22 heavy (non-hydrogen) atoms. The van der Waals surface area contributed by atoms with Crippen molar-refractivity contribution in [2.75, 3.05) is 38.4 Å². The Labute approximate surface area is 135 Å². The molecule has 0 aliphatic heterocycles. The van der Waals surface area contributed by atoms with Crippen molar-refractivity contribution in [1.82, 2.24) is 4.72 Å². The Morgan fingerprint density at radius 1 is 1.23 bits per heavy atom. The van der Waals surface area contributed by atoms with Crippen molar-refractivity contribution < 1.29 is 22.7 Å². The smallest absolute Gasteiger partial charge is 0.306 e. The van der Waals surface area contributed by atoms with Crippen molar-refractivity contribution in [3.05, 3.63) is 30.3 Å². The molecule has 0 spiro atoms. The lowest BCUT2D eigenvalue weighted by atomic mass is 10.4. The summed E-state index contributed by atoms with van der Waals surface area (Å²) in [6.07, 6.45) is -0.152. The molecule has 0 heterocycles. The van der Waals surface area contributed by atoms with Gasteiger partial charge in [0.25, 0.3) is 0 Å². The molecule has 0 radical (unpaired) electrons. The van der Waals surface area contributed by atoms with Gasteiger partial charge in [0.2, 0.25) is 10.0 Å². The number of nitrogens with one attached hydrogen (secondary N) is 1. The second-order valence-electron chi connectivity index (χ2n) is 4.31. The topological polar surface area (TPSA) is 81.7 Å². The van der Waals surface area contributed by atoms with E-state index in [2.05, 4.69) is 9.46 Å². The highest BCUT2D eigenvalue weighted by Gasteiger charge is 2.12. The van der Waals surface area contributed by atoms with Gasteiger partial charge in [0.05, 0.1) is 32.5 Å². The van der Waals surface area contributed by atoms with Gasteiger partial charge in [-0.15, -0.1) is 11.8 Å². The van der Waals surface area contributed by atoms with Crippen LogP contribution in [0.1, 0.15) is 6.42 Å². The zero-order valence-electron chi connectivity index (χ0n) is 12.5. The van der Waals surface area contributed by atoms with Crippen LogP contribution in [0.4, 0.5) is 0 Å². The van der Waals surface area contributed by atoms with Gasteiger partial charge in [0.1, 0.15) is 0 Å². The summed E-state index contributed by atoms with van der Waals surface area (Å²) in [4.78, 5) is 12.1. The summed E-state index contributed by atoms with van der Waals surface area (Å²) in [5.74, 6) is -0.0117. The van der Waals surface area contributed by atoms with Crippen molar-refractivity contribution in [3.63, 3.8) is 0 Å². The molecule has 1 rings (SSSR count). The molecule has 6 nitrogen and oxygen atoms in total. The van der Waals surface area contributed by atoms with Crippen LogP contribution in [-0.2, 0) is 24.3 Å². The van der Waals surface area contributed by atoms with Gasteiger partial charge < -0.3 is 9.47 Å². The Morgan fingerprint density at radius 2 is 1.95 bits per heavy atom. The molecule has 0 aliphatic carbocycles. The van der Waals surface area contributed by atoms with Crippen molar-refractivity contribution in [2.45, 2.75) is 11.3 Å². The Balaban J connectivity index is 2.04. The van der Waals surface area contributed by atoms with Crippen LogP contribution < -0.4 is 4.72 Å². The maximum atomic E-state index is 11.5. The maximum Gasteiger partial charge on any atom is 0.306 e. The molecule has 8 heteroatoms. The van der Waals surface area contributed by atoms with Crippen LogP contribution in [0.3, 0.4) is 0 Å². The first-order chi connectivity index (χ1) is 10.5. The highest BCUT2D eigenvalue weighted by atomic mass is 32.2. The van der Waals surface area contributed by atoms with Gasteiger partial charge >= 0.3 is 5.97 Å². The third-order valence-corrected chi connectivity index (χ3v) is 4.97. The second-order valence-corrected chi connectivity index (χ2v) is 7.41. The van der Waals surface area contributed by atoms with E-state index in [1.165, 1.54) is 12.0 Å². The van der Waals surface area contributed by atoms with Gasteiger partial charge in [-0.05, 0) is 12.1 Å². The predicted molar refractivity (Wildman–Crippen MR) is 86.4 cm³/mol. The van der Waals surface area contributed by atoms with Crippen molar-refractivity contribution in [1.29, 1.82) is 0 Å². The third-order valence-electron chi connectivity index (χ3n) is 2.61. The van der Waals surface area contributed by atoms with E-state index < -0.39 is 16.0 Å². The van der Waals surface area contributed by atoms with Crippen molar-refractivity contribution >= 4 is 27.8 Å². The van der Waals surface area contributed by atoms with Crippen LogP contribution in [0.15, 0.2) is 35.2 Å². The van der Waals surface area contributed by atoms with E-state index in [0.29, 0.717) is 13.2 Å². The predicted octanol–water partition coefficient (Wildman–Crippen LogP) is 1.28. The first-order valence-electron chi connectivity index (χ1n) is 6.83. The van der Waals surface area contributed by atoms with Crippen LogP contribution in [0.2, 0.25) is 0 Å². The van der Waals surface area contributed by atoms with Crippen LogP contribution >= 0.6 is 11.8 Å². The first kappa shape index (κ1) is 19.0. The second kappa shape index (κ2) is 10.6. The average molecular weight is 347 g/mol. The number of benzene rings is 1. The lowest BCUT2D eigenvalue weighted by Crippen LogP contribution is -2.30. The van der Waals surface area contributed by atoms with E-state index in [-0.39, 0.29) is 18.7 Å². The van der Waals surface area contributed by atoms with Gasteiger partial charge in [-0.2, -0.15) is 0 Å². The van der Waals surface area contributed by atoms with Crippen molar-refractivity contribution in [3.8, 4) is 0 Å². The number of thioether (sulfide) groups is 1. The fourth-order valence-electron chi connectivity index (χ4n) is 1.50. The summed E-state index contributed by atoms with van der Waals surface area (Å²) in [7, 11) is -2.23. The van der Waals surface area contributed by atoms with Gasteiger partial charge in [-0.1, -0.05) is 18.2 Å². The Bertz CT molecular complexity index is 533. The number of sulfonamides is 1. The van der Waals surface area contributed by atoms with E-state index in [1.54, 1.807) is 11.8 Å². The summed E-state index contributed by atoms with van der Waals surface area (Å²) in [6, 6.07) is 9.98. The normalized spacial score (nSPS) is 11.3. The number of rotatable bonds is 11. The Hall–Kier alpha value is -1.09. The zero-order valence-corrected chi connectivity index (χ0v) is 14.1.